The lowest BCUT2D eigenvalue weighted by molar-refractivity contribution is 0.329. The highest BCUT2D eigenvalue weighted by molar-refractivity contribution is 5.27. The fourth-order valence-electron chi connectivity index (χ4n) is 1.92. The van der Waals surface area contributed by atoms with Crippen LogP contribution < -0.4 is 5.32 Å². The molecule has 1 aromatic rings. The third-order valence-corrected chi connectivity index (χ3v) is 3.03. The molecular formula is C14H22FN. The molecule has 1 aromatic carbocycles. The molecule has 1 N–H and O–H groups in total. The third-order valence-electron chi connectivity index (χ3n) is 3.03. The Morgan fingerprint density at radius 2 is 2.00 bits per heavy atom. The van der Waals surface area contributed by atoms with Crippen LogP contribution in [0, 0.1) is 18.2 Å². The molecule has 0 radical (unpaired) electrons. The van der Waals surface area contributed by atoms with Gasteiger partial charge in [0.05, 0.1) is 0 Å². The lowest BCUT2D eigenvalue weighted by atomic mass is 9.81. The summed E-state index contributed by atoms with van der Waals surface area (Å²) in [6.45, 7) is 7.51. The summed E-state index contributed by atoms with van der Waals surface area (Å²) in [6, 6.07) is 5.08. The number of hydrogen-bond donors (Lipinski definition) is 1. The molecule has 0 aliphatic heterocycles. The van der Waals surface area contributed by atoms with Gasteiger partial charge in [0, 0.05) is 0 Å². The van der Waals surface area contributed by atoms with Crippen molar-refractivity contribution >= 4 is 0 Å². The first-order chi connectivity index (χ1) is 7.44. The molecule has 0 aromatic heterocycles. The van der Waals surface area contributed by atoms with E-state index in [4.69, 9.17) is 0 Å². The van der Waals surface area contributed by atoms with Crippen LogP contribution in [0.1, 0.15) is 31.4 Å². The first-order valence-corrected chi connectivity index (χ1v) is 5.84. The molecule has 0 heterocycles. The quantitative estimate of drug-likeness (QED) is 0.807. The number of hydrogen-bond acceptors (Lipinski definition) is 1. The predicted molar refractivity (Wildman–Crippen MR) is 67.2 cm³/mol. The SMILES string of the molecule is CNCCC(C)(C)Cc1ccc(F)cc1C. The maximum atomic E-state index is 13.0. The van der Waals surface area contributed by atoms with E-state index in [9.17, 15) is 4.39 Å². The van der Waals surface area contributed by atoms with Crippen molar-refractivity contribution in [1.29, 1.82) is 0 Å². The third kappa shape index (κ3) is 3.93. The molecule has 0 fully saturated rings. The Morgan fingerprint density at radius 1 is 1.31 bits per heavy atom. The molecular weight excluding hydrogens is 201 g/mol. The van der Waals surface area contributed by atoms with E-state index in [0.29, 0.717) is 0 Å². The van der Waals surface area contributed by atoms with Gasteiger partial charge in [-0.3, -0.25) is 0 Å². The highest BCUT2D eigenvalue weighted by atomic mass is 19.1. The number of benzene rings is 1. The summed E-state index contributed by atoms with van der Waals surface area (Å²) in [5.74, 6) is -0.144. The lowest BCUT2D eigenvalue weighted by Crippen LogP contribution is -2.22. The van der Waals surface area contributed by atoms with Crippen molar-refractivity contribution in [2.75, 3.05) is 13.6 Å². The Labute approximate surface area is 98.1 Å². The number of halogens is 1. The highest BCUT2D eigenvalue weighted by Gasteiger charge is 2.18. The summed E-state index contributed by atoms with van der Waals surface area (Å²) in [7, 11) is 1.97. The van der Waals surface area contributed by atoms with Crippen LogP contribution >= 0.6 is 0 Å². The second-order valence-corrected chi connectivity index (χ2v) is 5.27. The zero-order chi connectivity index (χ0) is 12.2. The summed E-state index contributed by atoms with van der Waals surface area (Å²) >= 11 is 0. The van der Waals surface area contributed by atoms with Crippen LogP contribution in [0.15, 0.2) is 18.2 Å². The fourth-order valence-corrected chi connectivity index (χ4v) is 1.92. The zero-order valence-electron chi connectivity index (χ0n) is 10.7. The maximum absolute atomic E-state index is 13.0. The van der Waals surface area contributed by atoms with Crippen molar-refractivity contribution in [3.63, 3.8) is 0 Å². The van der Waals surface area contributed by atoms with Crippen LogP contribution in [0.2, 0.25) is 0 Å². The van der Waals surface area contributed by atoms with E-state index in [2.05, 4.69) is 19.2 Å². The molecule has 0 amide bonds. The largest absolute Gasteiger partial charge is 0.320 e. The van der Waals surface area contributed by atoms with Gasteiger partial charge in [0.2, 0.25) is 0 Å². The predicted octanol–water partition coefficient (Wildman–Crippen LogP) is 3.31. The molecule has 90 valence electrons. The number of rotatable bonds is 5. The van der Waals surface area contributed by atoms with Gasteiger partial charge in [-0.2, -0.15) is 0 Å². The molecule has 1 rings (SSSR count). The molecule has 0 aliphatic carbocycles. The minimum atomic E-state index is -0.144. The first kappa shape index (κ1) is 13.2. The van der Waals surface area contributed by atoms with Crippen molar-refractivity contribution in [1.82, 2.24) is 5.32 Å². The molecule has 16 heavy (non-hydrogen) atoms. The molecule has 0 unspecified atom stereocenters. The molecule has 0 spiro atoms. The van der Waals surface area contributed by atoms with Crippen LogP contribution in [-0.4, -0.2) is 13.6 Å². The second-order valence-electron chi connectivity index (χ2n) is 5.27. The topological polar surface area (TPSA) is 12.0 Å². The van der Waals surface area contributed by atoms with Crippen molar-refractivity contribution < 1.29 is 4.39 Å². The van der Waals surface area contributed by atoms with E-state index in [1.165, 1.54) is 5.56 Å². The minimum absolute atomic E-state index is 0.144. The van der Waals surface area contributed by atoms with E-state index in [1.54, 1.807) is 12.1 Å². The van der Waals surface area contributed by atoms with Crippen LogP contribution in [-0.2, 0) is 6.42 Å². The molecule has 1 nitrogen and oxygen atoms in total. The van der Waals surface area contributed by atoms with Gasteiger partial charge >= 0.3 is 0 Å². The molecule has 0 atom stereocenters. The standard InChI is InChI=1S/C14H22FN/c1-11-9-13(15)6-5-12(11)10-14(2,3)7-8-16-4/h5-6,9,16H,7-8,10H2,1-4H3. The van der Waals surface area contributed by atoms with Crippen molar-refractivity contribution in [2.45, 2.75) is 33.6 Å². The molecule has 0 bridgehead atoms. The Kier molecular flexibility index (Phi) is 4.48. The maximum Gasteiger partial charge on any atom is 0.123 e. The van der Waals surface area contributed by atoms with E-state index in [0.717, 1.165) is 24.9 Å². The molecule has 2 heteroatoms. The van der Waals surface area contributed by atoms with Crippen LogP contribution in [0.5, 0.6) is 0 Å². The van der Waals surface area contributed by atoms with Gasteiger partial charge in [0.1, 0.15) is 5.82 Å². The van der Waals surface area contributed by atoms with Gasteiger partial charge in [-0.25, -0.2) is 4.39 Å². The molecule has 0 aliphatic rings. The summed E-state index contributed by atoms with van der Waals surface area (Å²) < 4.78 is 13.0. The van der Waals surface area contributed by atoms with Crippen molar-refractivity contribution in [2.24, 2.45) is 5.41 Å². The zero-order valence-corrected chi connectivity index (χ0v) is 10.7. The average Bonchev–Trinajstić information content (AvgIpc) is 2.19. The minimum Gasteiger partial charge on any atom is -0.320 e. The van der Waals surface area contributed by atoms with Gasteiger partial charge in [0.15, 0.2) is 0 Å². The summed E-state index contributed by atoms with van der Waals surface area (Å²) in [6.07, 6.45) is 2.13. The van der Waals surface area contributed by atoms with Gasteiger partial charge in [-0.15, -0.1) is 0 Å². The summed E-state index contributed by atoms with van der Waals surface area (Å²) in [4.78, 5) is 0. The van der Waals surface area contributed by atoms with Gasteiger partial charge in [-0.05, 0) is 62.0 Å². The van der Waals surface area contributed by atoms with Gasteiger partial charge in [0.25, 0.3) is 0 Å². The Morgan fingerprint density at radius 3 is 2.56 bits per heavy atom. The fraction of sp³-hybridized carbons (Fsp3) is 0.571. The van der Waals surface area contributed by atoms with E-state index in [1.807, 2.05) is 20.0 Å². The van der Waals surface area contributed by atoms with Crippen molar-refractivity contribution in [3.8, 4) is 0 Å². The first-order valence-electron chi connectivity index (χ1n) is 5.84. The Hall–Kier alpha value is -0.890. The van der Waals surface area contributed by atoms with Crippen LogP contribution in [0.4, 0.5) is 4.39 Å². The normalized spacial score (nSPS) is 11.8. The van der Waals surface area contributed by atoms with Crippen LogP contribution in [0.3, 0.4) is 0 Å². The molecule has 0 saturated heterocycles. The number of aryl methyl sites for hydroxylation is 1. The van der Waals surface area contributed by atoms with E-state index < -0.39 is 0 Å². The van der Waals surface area contributed by atoms with E-state index >= 15 is 0 Å². The Bertz CT molecular complexity index is 345. The lowest BCUT2D eigenvalue weighted by Gasteiger charge is -2.25. The second kappa shape index (κ2) is 5.44. The smallest absolute Gasteiger partial charge is 0.123 e. The summed E-state index contributed by atoms with van der Waals surface area (Å²) in [5.41, 5.74) is 2.56. The van der Waals surface area contributed by atoms with Gasteiger partial charge in [-0.1, -0.05) is 19.9 Å². The van der Waals surface area contributed by atoms with Gasteiger partial charge < -0.3 is 5.32 Å². The Balaban J connectivity index is 2.71. The highest BCUT2D eigenvalue weighted by Crippen LogP contribution is 2.27. The molecule has 0 saturated carbocycles. The van der Waals surface area contributed by atoms with Crippen LogP contribution in [0.25, 0.3) is 0 Å². The average molecular weight is 223 g/mol. The monoisotopic (exact) mass is 223 g/mol. The number of nitrogens with one attached hydrogen (secondary N) is 1. The van der Waals surface area contributed by atoms with Crippen molar-refractivity contribution in [3.05, 3.63) is 35.1 Å². The summed E-state index contributed by atoms with van der Waals surface area (Å²) in [5, 5.41) is 3.17. The van der Waals surface area contributed by atoms with E-state index in [-0.39, 0.29) is 11.2 Å².